The molecule has 4 heteroatoms. The van der Waals surface area contributed by atoms with Crippen LogP contribution in [0.3, 0.4) is 0 Å². The van der Waals surface area contributed by atoms with Crippen molar-refractivity contribution in [2.45, 2.75) is 19.4 Å². The molecule has 0 N–H and O–H groups in total. The van der Waals surface area contributed by atoms with Gasteiger partial charge in [-0.3, -0.25) is 4.79 Å². The molecule has 0 aliphatic carbocycles. The molecule has 0 radical (unpaired) electrons. The van der Waals surface area contributed by atoms with Crippen LogP contribution in [-0.2, 0) is 20.7 Å². The minimum atomic E-state index is -0.250. The van der Waals surface area contributed by atoms with E-state index in [0.717, 1.165) is 11.3 Å². The summed E-state index contributed by atoms with van der Waals surface area (Å²) in [5.74, 6) is 0.523. The number of carbonyl (C=O) groups excluding carboxylic acids is 1. The summed E-state index contributed by atoms with van der Waals surface area (Å²) < 4.78 is 15.1. The fourth-order valence-corrected chi connectivity index (χ4v) is 1.44. The smallest absolute Gasteiger partial charge is 0.310 e. The van der Waals surface area contributed by atoms with Gasteiger partial charge in [0.15, 0.2) is 0 Å². The molecule has 0 fully saturated rings. The molecule has 0 heterocycles. The van der Waals surface area contributed by atoms with Crippen LogP contribution in [0.4, 0.5) is 0 Å². The molecular formula is C13H18O4. The summed E-state index contributed by atoms with van der Waals surface area (Å²) >= 11 is 0. The number of benzene rings is 1. The molecule has 1 aromatic rings. The number of methoxy groups -OCH3 is 2. The van der Waals surface area contributed by atoms with E-state index in [-0.39, 0.29) is 18.5 Å². The minimum Gasteiger partial charge on any atom is -0.497 e. The molecule has 1 rings (SSSR count). The molecule has 0 aromatic heterocycles. The maximum atomic E-state index is 11.5. The Morgan fingerprint density at radius 1 is 1.24 bits per heavy atom. The van der Waals surface area contributed by atoms with Gasteiger partial charge in [-0.05, 0) is 24.6 Å². The van der Waals surface area contributed by atoms with E-state index in [1.54, 1.807) is 21.1 Å². The van der Waals surface area contributed by atoms with Crippen molar-refractivity contribution in [1.29, 1.82) is 0 Å². The third-order valence-electron chi connectivity index (χ3n) is 2.24. The molecule has 0 amide bonds. The summed E-state index contributed by atoms with van der Waals surface area (Å²) in [6.45, 7) is 2.21. The molecule has 0 aliphatic heterocycles. The Hall–Kier alpha value is -1.55. The summed E-state index contributed by atoms with van der Waals surface area (Å²) in [5.41, 5.74) is 0.903. The molecule has 94 valence electrons. The zero-order valence-corrected chi connectivity index (χ0v) is 10.4. The normalized spacial score (nSPS) is 11.9. The topological polar surface area (TPSA) is 44.8 Å². The SMILES string of the molecule is COCC(C)OC(=O)Cc1ccc(OC)cc1. The Morgan fingerprint density at radius 3 is 2.41 bits per heavy atom. The summed E-state index contributed by atoms with van der Waals surface area (Å²) in [7, 11) is 3.18. The molecule has 4 nitrogen and oxygen atoms in total. The fraction of sp³-hybridized carbons (Fsp3) is 0.462. The Bertz CT molecular complexity index is 345. The van der Waals surface area contributed by atoms with Crippen molar-refractivity contribution in [3.8, 4) is 5.75 Å². The lowest BCUT2D eigenvalue weighted by Gasteiger charge is -2.12. The number of hydrogen-bond acceptors (Lipinski definition) is 4. The van der Waals surface area contributed by atoms with Crippen LogP contribution in [0, 0.1) is 0 Å². The van der Waals surface area contributed by atoms with Gasteiger partial charge in [0.25, 0.3) is 0 Å². The van der Waals surface area contributed by atoms with E-state index in [1.807, 2.05) is 24.3 Å². The number of esters is 1. The van der Waals surface area contributed by atoms with E-state index >= 15 is 0 Å². The summed E-state index contributed by atoms with van der Waals surface area (Å²) in [6, 6.07) is 7.34. The number of rotatable bonds is 6. The van der Waals surface area contributed by atoms with Crippen LogP contribution < -0.4 is 4.74 Å². The van der Waals surface area contributed by atoms with Gasteiger partial charge in [-0.1, -0.05) is 12.1 Å². The first kappa shape index (κ1) is 13.5. The maximum Gasteiger partial charge on any atom is 0.310 e. The molecule has 0 spiro atoms. The molecule has 0 bridgehead atoms. The Labute approximate surface area is 101 Å². The van der Waals surface area contributed by atoms with Crippen LogP contribution in [0.2, 0.25) is 0 Å². The van der Waals surface area contributed by atoms with E-state index in [2.05, 4.69) is 0 Å². The molecule has 0 aliphatic rings. The first-order valence-electron chi connectivity index (χ1n) is 5.47. The van der Waals surface area contributed by atoms with E-state index in [1.165, 1.54) is 0 Å². The predicted octanol–water partition coefficient (Wildman–Crippen LogP) is 1.82. The van der Waals surface area contributed by atoms with Crippen molar-refractivity contribution in [2.75, 3.05) is 20.8 Å². The van der Waals surface area contributed by atoms with Crippen LogP contribution in [0.1, 0.15) is 12.5 Å². The van der Waals surface area contributed by atoms with Gasteiger partial charge in [-0.2, -0.15) is 0 Å². The predicted molar refractivity (Wildman–Crippen MR) is 64.1 cm³/mol. The maximum absolute atomic E-state index is 11.5. The highest BCUT2D eigenvalue weighted by molar-refractivity contribution is 5.72. The second-order valence-electron chi connectivity index (χ2n) is 3.78. The van der Waals surface area contributed by atoms with Crippen molar-refractivity contribution in [2.24, 2.45) is 0 Å². The summed E-state index contributed by atoms with van der Waals surface area (Å²) in [4.78, 5) is 11.5. The van der Waals surface area contributed by atoms with Gasteiger partial charge in [0.2, 0.25) is 0 Å². The van der Waals surface area contributed by atoms with Crippen LogP contribution >= 0.6 is 0 Å². The average Bonchev–Trinajstić information content (AvgIpc) is 2.30. The Balaban J connectivity index is 2.44. The largest absolute Gasteiger partial charge is 0.497 e. The van der Waals surface area contributed by atoms with Gasteiger partial charge in [0.05, 0.1) is 20.1 Å². The highest BCUT2D eigenvalue weighted by atomic mass is 16.6. The summed E-state index contributed by atoms with van der Waals surface area (Å²) in [6.07, 6.45) is 0.0451. The molecule has 0 saturated heterocycles. The molecule has 1 unspecified atom stereocenters. The molecule has 1 atom stereocenters. The summed E-state index contributed by atoms with van der Waals surface area (Å²) in [5, 5.41) is 0. The van der Waals surface area contributed by atoms with Crippen molar-refractivity contribution in [3.63, 3.8) is 0 Å². The van der Waals surface area contributed by atoms with Crippen LogP contribution in [0.25, 0.3) is 0 Å². The standard InChI is InChI=1S/C13H18O4/c1-10(9-15-2)17-13(14)8-11-4-6-12(16-3)7-5-11/h4-7,10H,8-9H2,1-3H3. The van der Waals surface area contributed by atoms with Gasteiger partial charge in [0, 0.05) is 7.11 Å². The van der Waals surface area contributed by atoms with Gasteiger partial charge in [-0.15, -0.1) is 0 Å². The van der Waals surface area contributed by atoms with E-state index in [9.17, 15) is 4.79 Å². The van der Waals surface area contributed by atoms with Gasteiger partial charge in [-0.25, -0.2) is 0 Å². The monoisotopic (exact) mass is 238 g/mol. The fourth-order valence-electron chi connectivity index (χ4n) is 1.44. The van der Waals surface area contributed by atoms with Crippen molar-refractivity contribution in [1.82, 2.24) is 0 Å². The lowest BCUT2D eigenvalue weighted by molar-refractivity contribution is -0.149. The van der Waals surface area contributed by atoms with Crippen LogP contribution in [-0.4, -0.2) is 32.9 Å². The lowest BCUT2D eigenvalue weighted by Crippen LogP contribution is -2.20. The third kappa shape index (κ3) is 4.87. The zero-order chi connectivity index (χ0) is 12.7. The van der Waals surface area contributed by atoms with Crippen molar-refractivity contribution in [3.05, 3.63) is 29.8 Å². The molecule has 1 aromatic carbocycles. The number of ether oxygens (including phenoxy) is 3. The van der Waals surface area contributed by atoms with Crippen LogP contribution in [0.15, 0.2) is 24.3 Å². The molecule has 0 saturated carbocycles. The quantitative estimate of drug-likeness (QED) is 0.709. The first-order valence-corrected chi connectivity index (χ1v) is 5.47. The second kappa shape index (κ2) is 6.91. The number of carbonyl (C=O) groups is 1. The van der Waals surface area contributed by atoms with Gasteiger partial charge in [0.1, 0.15) is 11.9 Å². The van der Waals surface area contributed by atoms with Gasteiger partial charge < -0.3 is 14.2 Å². The van der Waals surface area contributed by atoms with E-state index < -0.39 is 0 Å². The molecule has 17 heavy (non-hydrogen) atoms. The zero-order valence-electron chi connectivity index (χ0n) is 10.4. The Kier molecular flexibility index (Phi) is 5.49. The van der Waals surface area contributed by atoms with Crippen molar-refractivity contribution >= 4 is 5.97 Å². The van der Waals surface area contributed by atoms with E-state index in [4.69, 9.17) is 14.2 Å². The number of hydrogen-bond donors (Lipinski definition) is 0. The average molecular weight is 238 g/mol. The lowest BCUT2D eigenvalue weighted by atomic mass is 10.1. The highest BCUT2D eigenvalue weighted by Gasteiger charge is 2.09. The molecular weight excluding hydrogens is 220 g/mol. The first-order chi connectivity index (χ1) is 8.15. The van der Waals surface area contributed by atoms with Crippen molar-refractivity contribution < 1.29 is 19.0 Å². The van der Waals surface area contributed by atoms with E-state index in [0.29, 0.717) is 6.61 Å². The Morgan fingerprint density at radius 2 is 1.88 bits per heavy atom. The van der Waals surface area contributed by atoms with Gasteiger partial charge >= 0.3 is 5.97 Å². The third-order valence-corrected chi connectivity index (χ3v) is 2.24. The minimum absolute atomic E-state index is 0.217. The van der Waals surface area contributed by atoms with Crippen LogP contribution in [0.5, 0.6) is 5.75 Å². The highest BCUT2D eigenvalue weighted by Crippen LogP contribution is 2.12. The second-order valence-corrected chi connectivity index (χ2v) is 3.78.